The minimum absolute atomic E-state index is 0.640. The largest absolute Gasteiger partial charge is 0.0651 e. The minimum atomic E-state index is 0.640. The highest BCUT2D eigenvalue weighted by atomic mass is 14.4. The summed E-state index contributed by atoms with van der Waals surface area (Å²) in [5.74, 6) is 2.19. The van der Waals surface area contributed by atoms with Gasteiger partial charge in [0.25, 0.3) is 0 Å². The van der Waals surface area contributed by atoms with Crippen molar-refractivity contribution in [2.75, 3.05) is 0 Å². The van der Waals surface area contributed by atoms with Crippen LogP contribution < -0.4 is 0 Å². The van der Waals surface area contributed by atoms with E-state index < -0.39 is 0 Å². The van der Waals surface area contributed by atoms with Crippen LogP contribution in [-0.4, -0.2) is 0 Å². The summed E-state index contributed by atoms with van der Waals surface area (Å²) in [6, 6.07) is 0. The summed E-state index contributed by atoms with van der Waals surface area (Å²) in [5.41, 5.74) is 0.640. The van der Waals surface area contributed by atoms with Crippen LogP contribution in [0.3, 0.4) is 0 Å². The zero-order chi connectivity index (χ0) is 9.90. The second-order valence-electron chi connectivity index (χ2n) is 5.22. The molecule has 1 saturated carbocycles. The van der Waals surface area contributed by atoms with Crippen LogP contribution in [0.2, 0.25) is 0 Å². The zero-order valence-corrected chi connectivity index (χ0v) is 9.90. The molecule has 0 heterocycles. The van der Waals surface area contributed by atoms with E-state index in [1.807, 2.05) is 0 Å². The fourth-order valence-corrected chi connectivity index (χ4v) is 2.30. The van der Waals surface area contributed by atoms with E-state index in [9.17, 15) is 0 Å². The lowest BCUT2D eigenvalue weighted by Gasteiger charge is -2.26. The Morgan fingerprint density at radius 3 is 2.08 bits per heavy atom. The molecule has 0 N–H and O–H groups in total. The van der Waals surface area contributed by atoms with Gasteiger partial charge in [-0.1, -0.05) is 47.0 Å². The van der Waals surface area contributed by atoms with Gasteiger partial charge in [-0.3, -0.25) is 0 Å². The van der Waals surface area contributed by atoms with Crippen molar-refractivity contribution >= 4 is 0 Å². The van der Waals surface area contributed by atoms with Gasteiger partial charge in [-0.25, -0.2) is 0 Å². The Kier molecular flexibility index (Phi) is 3.82. The average Bonchev–Trinajstić information content (AvgIpc) is 2.93. The van der Waals surface area contributed by atoms with Crippen molar-refractivity contribution in [1.82, 2.24) is 0 Å². The fraction of sp³-hybridized carbons (Fsp3) is 1.00. The number of hydrogen-bond acceptors (Lipinski definition) is 0. The molecule has 0 radical (unpaired) electrons. The molecule has 1 fully saturated rings. The quantitative estimate of drug-likeness (QED) is 0.561. The van der Waals surface area contributed by atoms with E-state index in [1.54, 1.807) is 0 Å². The van der Waals surface area contributed by atoms with Gasteiger partial charge >= 0.3 is 0 Å². The van der Waals surface area contributed by atoms with Gasteiger partial charge in [0.2, 0.25) is 0 Å². The first-order chi connectivity index (χ1) is 6.15. The summed E-state index contributed by atoms with van der Waals surface area (Å²) < 4.78 is 0. The molecule has 0 aromatic rings. The maximum Gasteiger partial charge on any atom is -0.0331 e. The van der Waals surface area contributed by atoms with Gasteiger partial charge in [-0.2, -0.15) is 0 Å². The van der Waals surface area contributed by atoms with E-state index in [0.29, 0.717) is 5.41 Å². The van der Waals surface area contributed by atoms with Crippen LogP contribution in [0.1, 0.15) is 66.2 Å². The molecule has 78 valence electrons. The van der Waals surface area contributed by atoms with E-state index in [0.717, 1.165) is 11.8 Å². The molecule has 2 atom stereocenters. The number of hydrogen-bond donors (Lipinski definition) is 0. The highest BCUT2D eigenvalue weighted by molar-refractivity contribution is 4.86. The van der Waals surface area contributed by atoms with Crippen LogP contribution in [-0.2, 0) is 0 Å². The van der Waals surface area contributed by atoms with Gasteiger partial charge in [0.05, 0.1) is 0 Å². The molecule has 0 aromatic carbocycles. The molecule has 0 aromatic heterocycles. The molecule has 1 aliphatic rings. The van der Waals surface area contributed by atoms with Crippen molar-refractivity contribution < 1.29 is 0 Å². The lowest BCUT2D eigenvalue weighted by Crippen LogP contribution is -2.13. The van der Waals surface area contributed by atoms with Gasteiger partial charge in [0.1, 0.15) is 0 Å². The molecule has 0 nitrogen and oxygen atoms in total. The van der Waals surface area contributed by atoms with Crippen LogP contribution in [0.15, 0.2) is 0 Å². The summed E-state index contributed by atoms with van der Waals surface area (Å²) in [5, 5.41) is 0. The first-order valence-corrected chi connectivity index (χ1v) is 6.15. The molecule has 0 spiro atoms. The van der Waals surface area contributed by atoms with Gasteiger partial charge in [-0.05, 0) is 36.5 Å². The maximum atomic E-state index is 2.45. The van der Waals surface area contributed by atoms with E-state index >= 15 is 0 Å². The third-order valence-electron chi connectivity index (χ3n) is 4.42. The third kappa shape index (κ3) is 3.00. The van der Waals surface area contributed by atoms with Gasteiger partial charge in [0.15, 0.2) is 0 Å². The van der Waals surface area contributed by atoms with E-state index in [4.69, 9.17) is 0 Å². The number of rotatable bonds is 6. The third-order valence-corrected chi connectivity index (χ3v) is 4.42. The van der Waals surface area contributed by atoms with Crippen LogP contribution in [0.5, 0.6) is 0 Å². The van der Waals surface area contributed by atoms with Crippen molar-refractivity contribution in [3.63, 3.8) is 0 Å². The molecule has 0 amide bonds. The van der Waals surface area contributed by atoms with Gasteiger partial charge in [0, 0.05) is 0 Å². The molecule has 2 unspecified atom stereocenters. The maximum absolute atomic E-state index is 2.45. The van der Waals surface area contributed by atoms with E-state index in [2.05, 4.69) is 27.7 Å². The standard InChI is InChI=1S/C13H26/c1-5-11-10-12(11)8-9-13(4,6-2)7-3/h11-12H,5-10H2,1-4H3. The Labute approximate surface area is 84.1 Å². The van der Waals surface area contributed by atoms with Crippen molar-refractivity contribution in [1.29, 1.82) is 0 Å². The van der Waals surface area contributed by atoms with Crippen LogP contribution in [0.25, 0.3) is 0 Å². The lowest BCUT2D eigenvalue weighted by molar-refractivity contribution is 0.257. The Hall–Kier alpha value is 0. The highest BCUT2D eigenvalue weighted by Gasteiger charge is 2.36. The topological polar surface area (TPSA) is 0 Å². The van der Waals surface area contributed by atoms with Gasteiger partial charge < -0.3 is 0 Å². The smallest absolute Gasteiger partial charge is 0.0331 e. The SMILES string of the molecule is CCC1CC1CCC(C)(CC)CC. The van der Waals surface area contributed by atoms with Gasteiger partial charge in [-0.15, -0.1) is 0 Å². The normalized spacial score (nSPS) is 27.7. The molecule has 0 heteroatoms. The molecular formula is C13H26. The van der Waals surface area contributed by atoms with Crippen LogP contribution in [0.4, 0.5) is 0 Å². The van der Waals surface area contributed by atoms with Crippen LogP contribution >= 0.6 is 0 Å². The summed E-state index contributed by atoms with van der Waals surface area (Å²) in [7, 11) is 0. The molecule has 0 aliphatic heterocycles. The van der Waals surface area contributed by atoms with E-state index in [-0.39, 0.29) is 0 Å². The zero-order valence-electron chi connectivity index (χ0n) is 9.90. The fourth-order valence-electron chi connectivity index (χ4n) is 2.30. The molecule has 13 heavy (non-hydrogen) atoms. The Bertz CT molecular complexity index is 144. The molecule has 0 saturated heterocycles. The second-order valence-corrected chi connectivity index (χ2v) is 5.22. The molecule has 0 bridgehead atoms. The lowest BCUT2D eigenvalue weighted by atomic mass is 9.79. The predicted molar refractivity (Wildman–Crippen MR) is 59.8 cm³/mol. The minimum Gasteiger partial charge on any atom is -0.0651 e. The van der Waals surface area contributed by atoms with Crippen molar-refractivity contribution in [3.05, 3.63) is 0 Å². The first-order valence-electron chi connectivity index (χ1n) is 6.15. The monoisotopic (exact) mass is 182 g/mol. The Morgan fingerprint density at radius 2 is 1.69 bits per heavy atom. The molecule has 1 rings (SSSR count). The second kappa shape index (κ2) is 4.48. The highest BCUT2D eigenvalue weighted by Crippen LogP contribution is 2.46. The van der Waals surface area contributed by atoms with Crippen molar-refractivity contribution in [2.45, 2.75) is 66.2 Å². The molecular weight excluding hydrogens is 156 g/mol. The summed E-state index contributed by atoms with van der Waals surface area (Å²) >= 11 is 0. The van der Waals surface area contributed by atoms with Crippen molar-refractivity contribution in [2.24, 2.45) is 17.3 Å². The van der Waals surface area contributed by atoms with Crippen molar-refractivity contribution in [3.8, 4) is 0 Å². The summed E-state index contributed by atoms with van der Waals surface area (Å²) in [6.07, 6.45) is 8.61. The van der Waals surface area contributed by atoms with Crippen LogP contribution in [0, 0.1) is 17.3 Å². The Balaban J connectivity index is 2.18. The van der Waals surface area contributed by atoms with E-state index in [1.165, 1.54) is 38.5 Å². The Morgan fingerprint density at radius 1 is 1.08 bits per heavy atom. The first kappa shape index (κ1) is 11.1. The predicted octanol–water partition coefficient (Wildman–Crippen LogP) is 4.64. The molecule has 1 aliphatic carbocycles. The average molecular weight is 182 g/mol. The summed E-state index contributed by atoms with van der Waals surface area (Å²) in [6.45, 7) is 9.47. The summed E-state index contributed by atoms with van der Waals surface area (Å²) in [4.78, 5) is 0.